The van der Waals surface area contributed by atoms with E-state index in [2.05, 4.69) is 20.4 Å². The second-order valence-corrected chi connectivity index (χ2v) is 10.4. The Hall–Kier alpha value is -3.49. The highest BCUT2D eigenvalue weighted by Gasteiger charge is 2.32. The van der Waals surface area contributed by atoms with Crippen LogP contribution < -0.4 is 15.8 Å². The highest BCUT2D eigenvalue weighted by Crippen LogP contribution is 2.37. The number of hydrogen-bond acceptors (Lipinski definition) is 9. The van der Waals surface area contributed by atoms with Crippen LogP contribution in [0.25, 0.3) is 0 Å². The summed E-state index contributed by atoms with van der Waals surface area (Å²) in [4.78, 5) is 29.8. The largest absolute Gasteiger partial charge is 0.487 e. The van der Waals surface area contributed by atoms with E-state index in [0.717, 1.165) is 6.07 Å². The standard InChI is InChI=1S/C27H30BCl2FN6O5/c1-28(41-2)24(22-18(29)7-8-19(31)23(22)30)42-21-15-20(34-35-25(21)32)26(39)33-17-5-3-16(4-6-17)27(40)37-11-9-36(10-12-37)13-14-38/h3-8,15,24,38H,9-14H2,1-2H3,(H2,32,35)(H,33,39). The summed E-state index contributed by atoms with van der Waals surface area (Å²) in [5.41, 5.74) is 6.93. The quantitative estimate of drug-likeness (QED) is 0.230. The summed E-state index contributed by atoms with van der Waals surface area (Å²) in [5.74, 6) is -1.54. The van der Waals surface area contributed by atoms with Crippen LogP contribution in [-0.2, 0) is 4.65 Å². The molecular formula is C27H30BCl2FN6O5. The Bertz CT molecular complexity index is 1430. The highest BCUT2D eigenvalue weighted by atomic mass is 35.5. The number of anilines is 2. The average Bonchev–Trinajstić information content (AvgIpc) is 2.99. The molecule has 11 nitrogen and oxygen atoms in total. The van der Waals surface area contributed by atoms with Gasteiger partial charge in [-0.15, -0.1) is 10.2 Å². The third-order valence-electron chi connectivity index (χ3n) is 6.90. The molecule has 1 fully saturated rings. The van der Waals surface area contributed by atoms with Crippen molar-refractivity contribution in [1.82, 2.24) is 20.0 Å². The van der Waals surface area contributed by atoms with Crippen LogP contribution in [0.1, 0.15) is 32.4 Å². The van der Waals surface area contributed by atoms with Crippen LogP contribution in [0.4, 0.5) is 15.9 Å². The topological polar surface area (TPSA) is 143 Å². The zero-order valence-corrected chi connectivity index (χ0v) is 24.5. The molecule has 0 bridgehead atoms. The fourth-order valence-electron chi connectivity index (χ4n) is 4.43. The average molecular weight is 619 g/mol. The first-order valence-electron chi connectivity index (χ1n) is 13.1. The van der Waals surface area contributed by atoms with Crippen LogP contribution in [-0.4, -0.2) is 90.3 Å². The van der Waals surface area contributed by atoms with Gasteiger partial charge in [0.05, 0.1) is 11.6 Å². The van der Waals surface area contributed by atoms with Gasteiger partial charge < -0.3 is 30.4 Å². The van der Waals surface area contributed by atoms with Crippen LogP contribution >= 0.6 is 23.2 Å². The summed E-state index contributed by atoms with van der Waals surface area (Å²) in [6.45, 7) is 4.22. The molecule has 15 heteroatoms. The third kappa shape index (κ3) is 7.28. The van der Waals surface area contributed by atoms with E-state index in [1.165, 1.54) is 19.2 Å². The highest BCUT2D eigenvalue weighted by molar-refractivity contribution is 6.52. The number of ether oxygens (including phenoxy) is 1. The summed E-state index contributed by atoms with van der Waals surface area (Å²) in [5, 5.41) is 19.4. The Morgan fingerprint density at radius 3 is 2.48 bits per heavy atom. The van der Waals surface area contributed by atoms with Crippen molar-refractivity contribution in [3.05, 3.63) is 75.1 Å². The van der Waals surface area contributed by atoms with Crippen molar-refractivity contribution in [2.75, 3.05) is 57.5 Å². The van der Waals surface area contributed by atoms with E-state index >= 15 is 0 Å². The molecule has 4 rings (SSSR count). The number of nitrogens with zero attached hydrogens (tertiary/aromatic N) is 4. The zero-order valence-electron chi connectivity index (χ0n) is 23.0. The van der Waals surface area contributed by atoms with Crippen molar-refractivity contribution in [3.8, 4) is 5.75 Å². The number of carbonyl (C=O) groups excluding carboxylic acids is 2. The number of nitrogen functional groups attached to an aromatic ring is 1. The number of halogens is 3. The molecule has 3 aromatic rings. The van der Waals surface area contributed by atoms with Gasteiger partial charge in [0.1, 0.15) is 11.8 Å². The van der Waals surface area contributed by atoms with Gasteiger partial charge in [0.25, 0.3) is 11.8 Å². The van der Waals surface area contributed by atoms with E-state index in [1.54, 1.807) is 36.0 Å². The molecule has 0 spiro atoms. The van der Waals surface area contributed by atoms with Gasteiger partial charge in [0.15, 0.2) is 17.3 Å². The summed E-state index contributed by atoms with van der Waals surface area (Å²) >= 11 is 12.5. The first-order chi connectivity index (χ1) is 20.1. The smallest absolute Gasteiger partial charge is 0.338 e. The first kappa shape index (κ1) is 31.5. The molecule has 1 unspecified atom stereocenters. The van der Waals surface area contributed by atoms with Crippen LogP contribution in [0.5, 0.6) is 5.75 Å². The number of nitrogens with two attached hydrogens (primary N) is 1. The van der Waals surface area contributed by atoms with Crippen LogP contribution in [0, 0.1) is 5.82 Å². The van der Waals surface area contributed by atoms with Crippen molar-refractivity contribution >= 4 is 53.4 Å². The molecule has 0 radical (unpaired) electrons. The van der Waals surface area contributed by atoms with E-state index in [9.17, 15) is 14.0 Å². The molecule has 42 heavy (non-hydrogen) atoms. The van der Waals surface area contributed by atoms with Crippen LogP contribution in [0.15, 0.2) is 42.5 Å². The monoisotopic (exact) mass is 618 g/mol. The third-order valence-corrected chi connectivity index (χ3v) is 7.61. The van der Waals surface area contributed by atoms with E-state index < -0.39 is 24.6 Å². The van der Waals surface area contributed by atoms with Crippen LogP contribution in [0.3, 0.4) is 0 Å². The summed E-state index contributed by atoms with van der Waals surface area (Å²) in [6.07, 6.45) is 0. The molecule has 2 heterocycles. The lowest BCUT2D eigenvalue weighted by molar-refractivity contribution is 0.0615. The Kier molecular flexibility index (Phi) is 10.6. The fraction of sp³-hybridized carbons (Fsp3) is 0.333. The molecular weight excluding hydrogens is 589 g/mol. The van der Waals surface area contributed by atoms with Crippen molar-refractivity contribution in [3.63, 3.8) is 0 Å². The molecule has 1 aliphatic rings. The van der Waals surface area contributed by atoms with Gasteiger partial charge in [-0.25, -0.2) is 4.39 Å². The van der Waals surface area contributed by atoms with Gasteiger partial charge in [-0.1, -0.05) is 30.0 Å². The Balaban J connectivity index is 1.46. The summed E-state index contributed by atoms with van der Waals surface area (Å²) in [6, 6.07) is 9.26. The van der Waals surface area contributed by atoms with Crippen molar-refractivity contribution in [2.45, 2.75) is 12.8 Å². The molecule has 4 N–H and O–H groups in total. The van der Waals surface area contributed by atoms with E-state index in [-0.39, 0.29) is 45.4 Å². The van der Waals surface area contributed by atoms with E-state index in [0.29, 0.717) is 44.0 Å². The molecule has 1 atom stereocenters. The van der Waals surface area contributed by atoms with Crippen molar-refractivity contribution < 1.29 is 28.5 Å². The number of benzene rings is 2. The van der Waals surface area contributed by atoms with Gasteiger partial charge in [-0.3, -0.25) is 14.5 Å². The number of amides is 2. The van der Waals surface area contributed by atoms with Gasteiger partial charge >= 0.3 is 6.92 Å². The minimum Gasteiger partial charge on any atom is -0.487 e. The predicted octanol–water partition coefficient (Wildman–Crippen LogP) is 3.43. The molecule has 2 amide bonds. The number of β-amino-alcohol motifs (C(OH)–C–C–N with tert-alkyl or cyclic N) is 1. The molecule has 1 aromatic heterocycles. The molecule has 1 saturated heterocycles. The second kappa shape index (κ2) is 14.1. The maximum absolute atomic E-state index is 14.3. The number of rotatable bonds is 10. The predicted molar refractivity (Wildman–Crippen MR) is 159 cm³/mol. The minimum atomic E-state index is -1.00. The van der Waals surface area contributed by atoms with Crippen molar-refractivity contribution in [1.29, 1.82) is 0 Å². The minimum absolute atomic E-state index is 0.0134. The number of aliphatic hydroxyl groups is 1. The van der Waals surface area contributed by atoms with E-state index in [4.69, 9.17) is 43.4 Å². The lowest BCUT2D eigenvalue weighted by atomic mass is 9.62. The van der Waals surface area contributed by atoms with Gasteiger partial charge in [-0.05, 0) is 36.4 Å². The molecule has 222 valence electrons. The van der Waals surface area contributed by atoms with Crippen LogP contribution in [0.2, 0.25) is 16.9 Å². The SMILES string of the molecule is COB(C)C(Oc1cc(C(=O)Nc2ccc(C(=O)N3CCN(CCO)CC3)cc2)nnc1N)c1c(Cl)ccc(F)c1Cl. The number of piperazine rings is 1. The number of aromatic nitrogens is 2. The maximum atomic E-state index is 14.3. The number of nitrogens with one attached hydrogen (secondary N) is 1. The Labute approximate surface area is 252 Å². The molecule has 1 aliphatic heterocycles. The molecule has 0 saturated carbocycles. The molecule has 2 aromatic carbocycles. The Morgan fingerprint density at radius 1 is 1.14 bits per heavy atom. The zero-order chi connectivity index (χ0) is 30.4. The maximum Gasteiger partial charge on any atom is 0.338 e. The lowest BCUT2D eigenvalue weighted by Crippen LogP contribution is -2.49. The van der Waals surface area contributed by atoms with Crippen molar-refractivity contribution in [2.24, 2.45) is 0 Å². The van der Waals surface area contributed by atoms with Gasteiger partial charge in [-0.2, -0.15) is 0 Å². The summed E-state index contributed by atoms with van der Waals surface area (Å²) in [7, 11) is 1.44. The summed E-state index contributed by atoms with van der Waals surface area (Å²) < 4.78 is 25.7. The molecule has 0 aliphatic carbocycles. The lowest BCUT2D eigenvalue weighted by Gasteiger charge is -2.34. The first-order valence-corrected chi connectivity index (χ1v) is 13.9. The normalized spacial score (nSPS) is 14.4. The second-order valence-electron chi connectivity index (χ2n) is 9.60. The number of carbonyl (C=O) groups is 2. The number of aliphatic hydroxyl groups excluding tert-OH is 1. The van der Waals surface area contributed by atoms with Gasteiger partial charge in [0.2, 0.25) is 0 Å². The van der Waals surface area contributed by atoms with Gasteiger partial charge in [0, 0.05) is 67.7 Å². The fourth-order valence-corrected chi connectivity index (χ4v) is 5.02. The Morgan fingerprint density at radius 2 is 1.83 bits per heavy atom. The number of hydrogen-bond donors (Lipinski definition) is 3. The van der Waals surface area contributed by atoms with E-state index in [1.807, 2.05) is 0 Å².